The third-order valence-corrected chi connectivity index (χ3v) is 15.3. The zero-order valence-corrected chi connectivity index (χ0v) is 26.9. The number of likely N-dealkylation sites (N-methyl/N-ethyl adjacent to an activating group) is 1. The molecule has 6 rings (SSSR count). The van der Waals surface area contributed by atoms with E-state index in [1.165, 1.54) is 37.7 Å². The maximum Gasteiger partial charge on any atom is 0.229 e. The minimum atomic E-state index is -0.196. The van der Waals surface area contributed by atoms with Gasteiger partial charge in [0.2, 0.25) is 5.91 Å². The van der Waals surface area contributed by atoms with Gasteiger partial charge in [-0.05, 0) is 117 Å². The van der Waals surface area contributed by atoms with E-state index in [-0.39, 0.29) is 27.1 Å². The smallest absolute Gasteiger partial charge is 0.229 e. The van der Waals surface area contributed by atoms with Crippen molar-refractivity contribution in [2.24, 2.45) is 56.7 Å². The van der Waals surface area contributed by atoms with E-state index in [4.69, 9.17) is 0 Å². The number of hydrogen-bond acceptors (Lipinski definition) is 3. The predicted octanol–water partition coefficient (Wildman–Crippen LogP) is 7.38. The summed E-state index contributed by atoms with van der Waals surface area (Å²) in [5, 5.41) is 0. The SMILES string of the molecule is C=C(C)[C@@H]1CC[C@]2(C(=O)N3CCN(CC)CC3)CC[C@]3(C)[C@H](CC[C@@H]4[C@@]5(C)CCC(=O)C(C)(C)[C@@H]5CC[C@]43C)[C@@H]12. The summed E-state index contributed by atoms with van der Waals surface area (Å²) in [6.07, 6.45) is 11.2. The van der Waals surface area contributed by atoms with E-state index >= 15 is 0 Å². The molecular weight excluding hydrogens is 492 g/mol. The number of ketones is 1. The standard InChI is InChI=1S/C36H58N2O2/c1-9-37-20-22-38(23-21-37)31(40)36-17-12-25(24(2)3)30(36)26-10-11-28-33(6)15-14-29(39)32(4,5)27(33)13-16-35(28,8)34(26,7)18-19-36/h25-28,30H,2,9-23H2,1,3-8H3/t25-,26+,27-,28+,30+,33-,34+,35+,36-/m0/s1. The minimum Gasteiger partial charge on any atom is -0.340 e. The van der Waals surface area contributed by atoms with E-state index in [0.29, 0.717) is 41.3 Å². The molecule has 0 aromatic carbocycles. The average molecular weight is 551 g/mol. The molecule has 0 aromatic rings. The second-order valence-electron chi connectivity index (χ2n) is 16.7. The fourth-order valence-electron chi connectivity index (χ4n) is 12.9. The Kier molecular flexibility index (Phi) is 6.81. The minimum absolute atomic E-state index is 0.189. The molecule has 9 atom stereocenters. The number of carbonyl (C=O) groups excluding carboxylic acids is 2. The first-order valence-corrected chi connectivity index (χ1v) is 17.0. The monoisotopic (exact) mass is 550 g/mol. The Morgan fingerprint density at radius 2 is 1.55 bits per heavy atom. The Morgan fingerprint density at radius 1 is 0.850 bits per heavy atom. The molecule has 0 spiro atoms. The maximum atomic E-state index is 14.6. The van der Waals surface area contributed by atoms with Crippen molar-refractivity contribution >= 4 is 11.7 Å². The van der Waals surface area contributed by atoms with Crippen LogP contribution in [-0.4, -0.2) is 54.2 Å². The molecule has 224 valence electrons. The van der Waals surface area contributed by atoms with E-state index in [2.05, 4.69) is 64.8 Å². The summed E-state index contributed by atoms with van der Waals surface area (Å²) in [5.41, 5.74) is 1.68. The van der Waals surface area contributed by atoms with Crippen LogP contribution in [0.3, 0.4) is 0 Å². The lowest BCUT2D eigenvalue weighted by molar-refractivity contribution is -0.234. The van der Waals surface area contributed by atoms with Crippen LogP contribution in [0.2, 0.25) is 0 Å². The predicted molar refractivity (Wildman–Crippen MR) is 163 cm³/mol. The van der Waals surface area contributed by atoms with Gasteiger partial charge in [-0.2, -0.15) is 0 Å². The molecule has 4 heteroatoms. The van der Waals surface area contributed by atoms with Crippen LogP contribution >= 0.6 is 0 Å². The molecule has 5 saturated carbocycles. The van der Waals surface area contributed by atoms with E-state index in [0.717, 1.165) is 64.8 Å². The number of Topliss-reactive ketones (excluding diaryl/α,β-unsaturated/α-hetero) is 1. The summed E-state index contributed by atoms with van der Waals surface area (Å²) in [6.45, 7) is 26.4. The largest absolute Gasteiger partial charge is 0.340 e. The van der Waals surface area contributed by atoms with Crippen LogP contribution in [0.1, 0.15) is 113 Å². The topological polar surface area (TPSA) is 40.6 Å². The summed E-state index contributed by atoms with van der Waals surface area (Å²) in [7, 11) is 0. The molecule has 4 nitrogen and oxygen atoms in total. The van der Waals surface area contributed by atoms with Crippen molar-refractivity contribution in [3.63, 3.8) is 0 Å². The number of amides is 1. The lowest BCUT2D eigenvalue weighted by Crippen LogP contribution is -2.67. The van der Waals surface area contributed by atoms with Gasteiger partial charge in [0.1, 0.15) is 5.78 Å². The molecule has 0 unspecified atom stereocenters. The van der Waals surface area contributed by atoms with Crippen molar-refractivity contribution in [2.45, 2.75) is 113 Å². The van der Waals surface area contributed by atoms with E-state index < -0.39 is 0 Å². The molecule has 1 heterocycles. The molecule has 1 saturated heterocycles. The molecule has 0 N–H and O–H groups in total. The summed E-state index contributed by atoms with van der Waals surface area (Å²) in [5.74, 6) is 3.66. The lowest BCUT2D eigenvalue weighted by atomic mass is 9.32. The molecular formula is C36H58N2O2. The summed E-state index contributed by atoms with van der Waals surface area (Å²) in [6, 6.07) is 0. The van der Waals surface area contributed by atoms with Crippen LogP contribution in [0, 0.1) is 56.7 Å². The second-order valence-corrected chi connectivity index (χ2v) is 16.7. The third kappa shape index (κ3) is 3.65. The molecule has 0 bridgehead atoms. The van der Waals surface area contributed by atoms with Crippen LogP contribution in [0.25, 0.3) is 0 Å². The van der Waals surface area contributed by atoms with Crippen LogP contribution in [-0.2, 0) is 9.59 Å². The number of rotatable bonds is 3. The Bertz CT molecular complexity index is 1070. The zero-order chi connectivity index (χ0) is 28.9. The Balaban J connectivity index is 1.35. The molecule has 0 aromatic heterocycles. The van der Waals surface area contributed by atoms with Gasteiger partial charge in [0, 0.05) is 38.0 Å². The van der Waals surface area contributed by atoms with Gasteiger partial charge in [0.15, 0.2) is 0 Å². The number of hydrogen-bond donors (Lipinski definition) is 0. The van der Waals surface area contributed by atoms with Gasteiger partial charge >= 0.3 is 0 Å². The second kappa shape index (κ2) is 9.42. The van der Waals surface area contributed by atoms with Crippen molar-refractivity contribution in [2.75, 3.05) is 32.7 Å². The molecule has 6 fully saturated rings. The van der Waals surface area contributed by atoms with Crippen molar-refractivity contribution in [1.82, 2.24) is 9.80 Å². The first-order chi connectivity index (χ1) is 18.8. The number of allylic oxidation sites excluding steroid dienone is 1. The Morgan fingerprint density at radius 3 is 2.20 bits per heavy atom. The third-order valence-electron chi connectivity index (χ3n) is 15.3. The van der Waals surface area contributed by atoms with Crippen molar-refractivity contribution in [3.05, 3.63) is 12.2 Å². The van der Waals surface area contributed by atoms with Crippen LogP contribution < -0.4 is 0 Å². The molecule has 1 amide bonds. The van der Waals surface area contributed by atoms with Gasteiger partial charge in [-0.15, -0.1) is 0 Å². The average Bonchev–Trinajstić information content (AvgIpc) is 3.32. The molecule has 1 aliphatic heterocycles. The first kappa shape index (κ1) is 28.9. The van der Waals surface area contributed by atoms with E-state index in [9.17, 15) is 9.59 Å². The number of carbonyl (C=O) groups is 2. The fourth-order valence-corrected chi connectivity index (χ4v) is 12.9. The van der Waals surface area contributed by atoms with Crippen molar-refractivity contribution < 1.29 is 9.59 Å². The van der Waals surface area contributed by atoms with Gasteiger partial charge in [0.25, 0.3) is 0 Å². The fraction of sp³-hybridized carbons (Fsp3) is 0.889. The van der Waals surface area contributed by atoms with Gasteiger partial charge < -0.3 is 9.80 Å². The van der Waals surface area contributed by atoms with Gasteiger partial charge in [0.05, 0.1) is 5.41 Å². The first-order valence-electron chi connectivity index (χ1n) is 17.0. The number of piperazine rings is 1. The van der Waals surface area contributed by atoms with E-state index in [1.54, 1.807) is 0 Å². The quantitative estimate of drug-likeness (QED) is 0.344. The summed E-state index contributed by atoms with van der Waals surface area (Å²) >= 11 is 0. The Hall–Kier alpha value is -1.16. The molecule has 40 heavy (non-hydrogen) atoms. The van der Waals surface area contributed by atoms with E-state index in [1.807, 2.05) is 0 Å². The summed E-state index contributed by atoms with van der Waals surface area (Å²) in [4.78, 5) is 32.5. The van der Waals surface area contributed by atoms with Gasteiger partial charge in [-0.1, -0.05) is 53.7 Å². The highest BCUT2D eigenvalue weighted by molar-refractivity contribution is 5.85. The zero-order valence-electron chi connectivity index (χ0n) is 26.9. The molecule has 5 aliphatic carbocycles. The number of nitrogens with zero attached hydrogens (tertiary/aromatic N) is 2. The van der Waals surface area contributed by atoms with Crippen molar-refractivity contribution in [3.8, 4) is 0 Å². The highest BCUT2D eigenvalue weighted by Crippen LogP contribution is 2.77. The maximum absolute atomic E-state index is 14.6. The summed E-state index contributed by atoms with van der Waals surface area (Å²) < 4.78 is 0. The van der Waals surface area contributed by atoms with Crippen LogP contribution in [0.5, 0.6) is 0 Å². The van der Waals surface area contributed by atoms with Crippen LogP contribution in [0.15, 0.2) is 12.2 Å². The highest BCUT2D eigenvalue weighted by Gasteiger charge is 2.72. The molecule has 0 radical (unpaired) electrons. The molecule has 6 aliphatic rings. The van der Waals surface area contributed by atoms with Gasteiger partial charge in [-0.3, -0.25) is 9.59 Å². The van der Waals surface area contributed by atoms with Crippen molar-refractivity contribution in [1.29, 1.82) is 0 Å². The number of fused-ring (bicyclic) bond motifs is 7. The highest BCUT2D eigenvalue weighted by atomic mass is 16.2. The van der Waals surface area contributed by atoms with Crippen LogP contribution in [0.4, 0.5) is 0 Å². The Labute approximate surface area is 245 Å². The van der Waals surface area contributed by atoms with Gasteiger partial charge in [-0.25, -0.2) is 0 Å². The lowest BCUT2D eigenvalue weighted by Gasteiger charge is -2.72. The normalized spacial score (nSPS) is 48.5.